The number of thioether (sulfide) groups is 1. The molecule has 0 aliphatic rings. The van der Waals surface area contributed by atoms with Crippen molar-refractivity contribution < 1.29 is 4.79 Å². The summed E-state index contributed by atoms with van der Waals surface area (Å²) in [5.74, 6) is 0.944. The largest absolute Gasteiger partial charge is 0.340 e. The molecule has 0 heterocycles. The summed E-state index contributed by atoms with van der Waals surface area (Å²) in [6, 6.07) is 1.72. The normalized spacial score (nSPS) is 12.2. The number of carbonyl (C=O) groups is 1. The number of rotatable bonds is 5. The first kappa shape index (κ1) is 12.3. The van der Waals surface area contributed by atoms with E-state index in [9.17, 15) is 4.79 Å². The van der Waals surface area contributed by atoms with Crippen LogP contribution in [0, 0.1) is 17.2 Å². The van der Waals surface area contributed by atoms with Crippen molar-refractivity contribution in [3.05, 3.63) is 0 Å². The first-order chi connectivity index (χ1) is 6.11. The van der Waals surface area contributed by atoms with Crippen LogP contribution >= 0.6 is 11.8 Å². The van der Waals surface area contributed by atoms with Crippen molar-refractivity contribution in [2.24, 2.45) is 5.92 Å². The molecular weight excluding hydrogens is 184 g/mol. The lowest BCUT2D eigenvalue weighted by Crippen LogP contribution is -2.37. The van der Waals surface area contributed by atoms with Crippen LogP contribution in [0.5, 0.6) is 0 Å². The number of hydrogen-bond acceptors (Lipinski definition) is 3. The minimum Gasteiger partial charge on any atom is -0.340 e. The van der Waals surface area contributed by atoms with Gasteiger partial charge in [-0.05, 0) is 12.2 Å². The predicted octanol–water partition coefficient (Wildman–Crippen LogP) is 1.40. The highest BCUT2D eigenvalue weighted by atomic mass is 32.2. The molecule has 0 radical (unpaired) electrons. The second-order valence-corrected chi connectivity index (χ2v) is 4.15. The third kappa shape index (κ3) is 5.53. The molecule has 3 nitrogen and oxygen atoms in total. The molecule has 0 aliphatic carbocycles. The van der Waals surface area contributed by atoms with E-state index >= 15 is 0 Å². The molecule has 4 heteroatoms. The summed E-state index contributed by atoms with van der Waals surface area (Å²) in [7, 11) is 0. The Bertz CT molecular complexity index is 198. The molecule has 0 saturated carbocycles. The van der Waals surface area contributed by atoms with Crippen molar-refractivity contribution in [3.63, 3.8) is 0 Å². The summed E-state index contributed by atoms with van der Waals surface area (Å²) >= 11 is 1.63. The second kappa shape index (κ2) is 6.79. The molecule has 1 atom stereocenters. The molecule has 13 heavy (non-hydrogen) atoms. The van der Waals surface area contributed by atoms with Gasteiger partial charge in [0.15, 0.2) is 0 Å². The Balaban J connectivity index is 3.82. The number of amides is 1. The summed E-state index contributed by atoms with van der Waals surface area (Å²) < 4.78 is 0. The fourth-order valence-electron chi connectivity index (χ4n) is 0.788. The van der Waals surface area contributed by atoms with Gasteiger partial charge in [-0.25, -0.2) is 0 Å². The topological polar surface area (TPSA) is 52.9 Å². The summed E-state index contributed by atoms with van der Waals surface area (Å²) in [5.41, 5.74) is 0. The van der Waals surface area contributed by atoms with Gasteiger partial charge in [0, 0.05) is 12.2 Å². The molecule has 0 rings (SSSR count). The molecule has 0 aromatic rings. The summed E-state index contributed by atoms with van der Waals surface area (Å²) in [4.78, 5) is 11.2. The van der Waals surface area contributed by atoms with Crippen LogP contribution in [0.4, 0.5) is 0 Å². The zero-order chi connectivity index (χ0) is 10.3. The first-order valence-electron chi connectivity index (χ1n) is 4.29. The number of hydrogen-bond donors (Lipinski definition) is 1. The van der Waals surface area contributed by atoms with Crippen molar-refractivity contribution in [3.8, 4) is 6.07 Å². The van der Waals surface area contributed by atoms with Gasteiger partial charge in [0.25, 0.3) is 0 Å². The Morgan fingerprint density at radius 2 is 2.23 bits per heavy atom. The fourth-order valence-corrected chi connectivity index (χ4v) is 1.18. The maximum Gasteiger partial charge on any atom is 0.221 e. The lowest BCUT2D eigenvalue weighted by molar-refractivity contribution is -0.121. The Hall–Kier alpha value is -0.690. The van der Waals surface area contributed by atoms with E-state index in [-0.39, 0.29) is 17.9 Å². The molecule has 0 fully saturated rings. The molecule has 0 aromatic carbocycles. The van der Waals surface area contributed by atoms with E-state index in [4.69, 9.17) is 5.26 Å². The van der Waals surface area contributed by atoms with E-state index < -0.39 is 0 Å². The maximum absolute atomic E-state index is 11.2. The van der Waals surface area contributed by atoms with Crippen LogP contribution in [0.3, 0.4) is 0 Å². The van der Waals surface area contributed by atoms with Crippen LogP contribution < -0.4 is 5.32 Å². The lowest BCUT2D eigenvalue weighted by Gasteiger charge is -2.14. The van der Waals surface area contributed by atoms with E-state index in [0.29, 0.717) is 6.42 Å². The van der Waals surface area contributed by atoms with E-state index in [1.165, 1.54) is 0 Å². The minimum atomic E-state index is -0.352. The third-order valence-corrected chi connectivity index (χ3v) is 2.27. The molecule has 0 aromatic heterocycles. The third-order valence-electron chi connectivity index (χ3n) is 1.66. The maximum atomic E-state index is 11.2. The Labute approximate surface area is 83.9 Å². The number of nitrogens with zero attached hydrogens (tertiary/aromatic N) is 1. The molecule has 0 bridgehead atoms. The van der Waals surface area contributed by atoms with Crippen LogP contribution in [0.2, 0.25) is 0 Å². The highest BCUT2D eigenvalue weighted by molar-refractivity contribution is 7.98. The number of nitriles is 1. The Kier molecular flexibility index (Phi) is 6.43. The van der Waals surface area contributed by atoms with Crippen molar-refractivity contribution in [2.75, 3.05) is 12.0 Å². The Morgan fingerprint density at radius 1 is 1.62 bits per heavy atom. The average molecular weight is 200 g/mol. The molecule has 1 amide bonds. The molecule has 1 N–H and O–H groups in total. The predicted molar refractivity (Wildman–Crippen MR) is 55.4 cm³/mol. The van der Waals surface area contributed by atoms with Crippen LogP contribution in [0.25, 0.3) is 0 Å². The number of nitrogens with one attached hydrogen (secondary N) is 1. The standard InChI is InChI=1S/C9H16N2OS/c1-7(2)8(6-10)11-9(12)4-5-13-3/h7-8H,4-5H2,1-3H3,(H,11,12). The van der Waals surface area contributed by atoms with Gasteiger partial charge in [-0.1, -0.05) is 13.8 Å². The smallest absolute Gasteiger partial charge is 0.221 e. The summed E-state index contributed by atoms with van der Waals surface area (Å²) in [5, 5.41) is 11.4. The zero-order valence-corrected chi connectivity index (χ0v) is 9.15. The first-order valence-corrected chi connectivity index (χ1v) is 5.69. The molecule has 0 aliphatic heterocycles. The van der Waals surface area contributed by atoms with E-state index in [1.54, 1.807) is 11.8 Å². The van der Waals surface area contributed by atoms with Crippen molar-refractivity contribution in [2.45, 2.75) is 26.3 Å². The van der Waals surface area contributed by atoms with Gasteiger partial charge in [0.2, 0.25) is 5.91 Å². The minimum absolute atomic E-state index is 0.0328. The second-order valence-electron chi connectivity index (χ2n) is 3.16. The van der Waals surface area contributed by atoms with Gasteiger partial charge in [0.05, 0.1) is 6.07 Å². The molecular formula is C9H16N2OS. The zero-order valence-electron chi connectivity index (χ0n) is 8.33. The van der Waals surface area contributed by atoms with Gasteiger partial charge >= 0.3 is 0 Å². The van der Waals surface area contributed by atoms with Crippen LogP contribution in [-0.4, -0.2) is 24.0 Å². The van der Waals surface area contributed by atoms with E-state index in [0.717, 1.165) is 5.75 Å². The summed E-state index contributed by atoms with van der Waals surface area (Å²) in [6.45, 7) is 3.84. The van der Waals surface area contributed by atoms with Crippen LogP contribution in [-0.2, 0) is 4.79 Å². The van der Waals surface area contributed by atoms with Gasteiger partial charge in [-0.3, -0.25) is 4.79 Å². The monoisotopic (exact) mass is 200 g/mol. The highest BCUT2D eigenvalue weighted by Gasteiger charge is 2.14. The van der Waals surface area contributed by atoms with Gasteiger partial charge in [-0.15, -0.1) is 0 Å². The van der Waals surface area contributed by atoms with Crippen LogP contribution in [0.15, 0.2) is 0 Å². The molecule has 74 valence electrons. The molecule has 0 saturated heterocycles. The average Bonchev–Trinajstić information content (AvgIpc) is 2.10. The Morgan fingerprint density at radius 3 is 2.62 bits per heavy atom. The van der Waals surface area contributed by atoms with Gasteiger partial charge < -0.3 is 5.32 Å². The van der Waals surface area contributed by atoms with Crippen molar-refractivity contribution >= 4 is 17.7 Å². The highest BCUT2D eigenvalue weighted by Crippen LogP contribution is 2.01. The molecule has 0 spiro atoms. The van der Waals surface area contributed by atoms with E-state index in [2.05, 4.69) is 11.4 Å². The van der Waals surface area contributed by atoms with E-state index in [1.807, 2.05) is 20.1 Å². The number of carbonyl (C=O) groups excluding carboxylic acids is 1. The van der Waals surface area contributed by atoms with Gasteiger partial charge in [0.1, 0.15) is 6.04 Å². The van der Waals surface area contributed by atoms with Gasteiger partial charge in [-0.2, -0.15) is 17.0 Å². The summed E-state index contributed by atoms with van der Waals surface area (Å²) in [6.07, 6.45) is 2.45. The van der Waals surface area contributed by atoms with Crippen LogP contribution in [0.1, 0.15) is 20.3 Å². The lowest BCUT2D eigenvalue weighted by atomic mass is 10.1. The van der Waals surface area contributed by atoms with Crippen molar-refractivity contribution in [1.82, 2.24) is 5.32 Å². The molecule has 1 unspecified atom stereocenters. The van der Waals surface area contributed by atoms with Crippen molar-refractivity contribution in [1.29, 1.82) is 5.26 Å². The quantitative estimate of drug-likeness (QED) is 0.730. The SMILES string of the molecule is CSCCC(=O)NC(C#N)C(C)C. The fraction of sp³-hybridized carbons (Fsp3) is 0.778.